The first-order valence-electron chi connectivity index (χ1n) is 7.23. The van der Waals surface area contributed by atoms with E-state index in [-0.39, 0.29) is 18.0 Å². The summed E-state index contributed by atoms with van der Waals surface area (Å²) < 4.78 is 0. The lowest BCUT2D eigenvalue weighted by atomic mass is 10.1. The van der Waals surface area contributed by atoms with Crippen LogP contribution in [0.4, 0.5) is 0 Å². The molecule has 0 bridgehead atoms. The summed E-state index contributed by atoms with van der Waals surface area (Å²) in [4.78, 5) is 46.0. The fourth-order valence-corrected chi connectivity index (χ4v) is 2.44. The molecule has 1 aliphatic heterocycles. The summed E-state index contributed by atoms with van der Waals surface area (Å²) in [6.45, 7) is 0.894. The van der Waals surface area contributed by atoms with Crippen LogP contribution in [0.2, 0.25) is 0 Å². The molecule has 1 fully saturated rings. The van der Waals surface area contributed by atoms with Gasteiger partial charge in [0.05, 0.1) is 0 Å². The molecule has 1 saturated heterocycles. The SMILES string of the molecule is CN1CCN(C(=O)c2ccc(-c3ccncc3)[nH]c2=O)CC1=O. The van der Waals surface area contributed by atoms with E-state index in [4.69, 9.17) is 0 Å². The summed E-state index contributed by atoms with van der Waals surface area (Å²) in [7, 11) is 1.69. The van der Waals surface area contributed by atoms with Crippen molar-refractivity contribution in [3.63, 3.8) is 0 Å². The van der Waals surface area contributed by atoms with Crippen molar-refractivity contribution in [2.24, 2.45) is 0 Å². The average Bonchev–Trinajstić information content (AvgIpc) is 2.57. The molecule has 3 rings (SSSR count). The van der Waals surface area contributed by atoms with Gasteiger partial charge in [-0.05, 0) is 24.3 Å². The molecule has 0 aliphatic carbocycles. The van der Waals surface area contributed by atoms with Gasteiger partial charge in [0.1, 0.15) is 12.1 Å². The first-order chi connectivity index (χ1) is 11.1. The largest absolute Gasteiger partial charge is 0.342 e. The minimum Gasteiger partial charge on any atom is -0.342 e. The van der Waals surface area contributed by atoms with E-state index in [0.717, 1.165) is 5.56 Å². The van der Waals surface area contributed by atoms with E-state index >= 15 is 0 Å². The predicted molar refractivity (Wildman–Crippen MR) is 83.8 cm³/mol. The highest BCUT2D eigenvalue weighted by atomic mass is 16.2. The smallest absolute Gasteiger partial charge is 0.261 e. The van der Waals surface area contributed by atoms with Crippen LogP contribution in [0.15, 0.2) is 41.5 Å². The summed E-state index contributed by atoms with van der Waals surface area (Å²) in [6, 6.07) is 6.72. The van der Waals surface area contributed by atoms with Gasteiger partial charge in [-0.2, -0.15) is 0 Å². The van der Waals surface area contributed by atoms with Crippen LogP contribution in [0.1, 0.15) is 10.4 Å². The van der Waals surface area contributed by atoms with E-state index in [9.17, 15) is 14.4 Å². The molecule has 118 valence electrons. The number of carbonyl (C=O) groups excluding carboxylic acids is 2. The lowest BCUT2D eigenvalue weighted by Gasteiger charge is -2.31. The Kier molecular flexibility index (Phi) is 3.92. The maximum atomic E-state index is 12.4. The molecule has 2 aromatic heterocycles. The van der Waals surface area contributed by atoms with Gasteiger partial charge in [-0.3, -0.25) is 19.4 Å². The summed E-state index contributed by atoms with van der Waals surface area (Å²) in [6.07, 6.45) is 3.26. The van der Waals surface area contributed by atoms with Gasteiger partial charge in [0.15, 0.2) is 0 Å². The number of aromatic nitrogens is 2. The zero-order valence-corrected chi connectivity index (χ0v) is 12.7. The van der Waals surface area contributed by atoms with Gasteiger partial charge in [0, 0.05) is 43.8 Å². The van der Waals surface area contributed by atoms with Gasteiger partial charge < -0.3 is 14.8 Å². The third-order valence-electron chi connectivity index (χ3n) is 3.88. The number of hydrogen-bond acceptors (Lipinski definition) is 4. The Labute approximate surface area is 132 Å². The normalized spacial score (nSPS) is 14.9. The van der Waals surface area contributed by atoms with E-state index in [1.54, 1.807) is 42.5 Å². The molecule has 1 aliphatic rings. The second-order valence-corrected chi connectivity index (χ2v) is 5.39. The molecular formula is C16H16N4O3. The van der Waals surface area contributed by atoms with E-state index in [0.29, 0.717) is 18.8 Å². The molecule has 7 heteroatoms. The fourth-order valence-electron chi connectivity index (χ4n) is 2.44. The highest BCUT2D eigenvalue weighted by Crippen LogP contribution is 2.14. The molecule has 0 atom stereocenters. The summed E-state index contributed by atoms with van der Waals surface area (Å²) in [5, 5.41) is 0. The Morgan fingerprint density at radius 2 is 1.87 bits per heavy atom. The van der Waals surface area contributed by atoms with Crippen LogP contribution >= 0.6 is 0 Å². The molecule has 0 aromatic carbocycles. The van der Waals surface area contributed by atoms with Crippen molar-refractivity contribution < 1.29 is 9.59 Å². The van der Waals surface area contributed by atoms with Crippen molar-refractivity contribution in [1.82, 2.24) is 19.8 Å². The molecule has 0 spiro atoms. The van der Waals surface area contributed by atoms with Gasteiger partial charge in [-0.1, -0.05) is 0 Å². The molecule has 0 saturated carbocycles. The summed E-state index contributed by atoms with van der Waals surface area (Å²) >= 11 is 0. The molecule has 2 amide bonds. The standard InChI is InChI=1S/C16H16N4O3/c1-19-8-9-20(10-14(19)21)16(23)12-2-3-13(18-15(12)22)11-4-6-17-7-5-11/h2-7H,8-10H2,1H3,(H,18,22). The highest BCUT2D eigenvalue weighted by molar-refractivity contribution is 5.96. The lowest BCUT2D eigenvalue weighted by molar-refractivity contribution is -0.133. The van der Waals surface area contributed by atoms with Crippen molar-refractivity contribution in [2.75, 3.05) is 26.7 Å². The summed E-state index contributed by atoms with van der Waals surface area (Å²) in [5.74, 6) is -0.552. The van der Waals surface area contributed by atoms with Gasteiger partial charge >= 0.3 is 0 Å². The molecule has 2 aromatic rings. The molecule has 7 nitrogen and oxygen atoms in total. The van der Waals surface area contributed by atoms with Crippen LogP contribution in [0, 0.1) is 0 Å². The zero-order valence-electron chi connectivity index (χ0n) is 12.7. The lowest BCUT2D eigenvalue weighted by Crippen LogP contribution is -2.51. The number of nitrogens with one attached hydrogen (secondary N) is 1. The van der Waals surface area contributed by atoms with Crippen LogP contribution in [-0.4, -0.2) is 58.3 Å². The fraction of sp³-hybridized carbons (Fsp3) is 0.250. The van der Waals surface area contributed by atoms with E-state index in [1.807, 2.05) is 0 Å². The maximum absolute atomic E-state index is 12.4. The third-order valence-corrected chi connectivity index (χ3v) is 3.88. The number of aromatic amines is 1. The highest BCUT2D eigenvalue weighted by Gasteiger charge is 2.27. The monoisotopic (exact) mass is 312 g/mol. The van der Waals surface area contributed by atoms with E-state index in [2.05, 4.69) is 9.97 Å². The maximum Gasteiger partial charge on any atom is 0.261 e. The van der Waals surface area contributed by atoms with Crippen molar-refractivity contribution in [2.45, 2.75) is 0 Å². The molecule has 23 heavy (non-hydrogen) atoms. The number of piperazine rings is 1. The molecule has 0 unspecified atom stereocenters. The van der Waals surface area contributed by atoms with Crippen molar-refractivity contribution in [3.8, 4) is 11.3 Å². The minimum absolute atomic E-state index is 0.000872. The molecular weight excluding hydrogens is 296 g/mol. The summed E-state index contributed by atoms with van der Waals surface area (Å²) in [5.41, 5.74) is 1.00. The van der Waals surface area contributed by atoms with Crippen LogP contribution in [0.25, 0.3) is 11.3 Å². The number of pyridine rings is 2. The first kappa shape index (κ1) is 15.0. The van der Waals surface area contributed by atoms with Crippen molar-refractivity contribution in [1.29, 1.82) is 0 Å². The Bertz CT molecular complexity index is 800. The minimum atomic E-state index is -0.462. The van der Waals surface area contributed by atoms with Gasteiger partial charge in [-0.15, -0.1) is 0 Å². The van der Waals surface area contributed by atoms with Gasteiger partial charge in [0.2, 0.25) is 5.91 Å². The average molecular weight is 312 g/mol. The zero-order chi connectivity index (χ0) is 16.4. The van der Waals surface area contributed by atoms with Crippen LogP contribution in [0.3, 0.4) is 0 Å². The number of H-pyrrole nitrogens is 1. The van der Waals surface area contributed by atoms with Crippen LogP contribution in [-0.2, 0) is 4.79 Å². The Morgan fingerprint density at radius 1 is 1.13 bits per heavy atom. The Hall–Kier alpha value is -2.96. The number of hydrogen-bond donors (Lipinski definition) is 1. The second-order valence-electron chi connectivity index (χ2n) is 5.39. The molecule has 0 radical (unpaired) electrons. The van der Waals surface area contributed by atoms with Crippen molar-refractivity contribution in [3.05, 3.63) is 52.6 Å². The predicted octanol–water partition coefficient (Wildman–Crippen LogP) is 0.351. The molecule has 1 N–H and O–H groups in total. The number of amides is 2. The Morgan fingerprint density at radius 3 is 2.52 bits per heavy atom. The van der Waals surface area contributed by atoms with Gasteiger partial charge in [-0.25, -0.2) is 0 Å². The van der Waals surface area contributed by atoms with Crippen molar-refractivity contribution >= 4 is 11.8 Å². The van der Waals surface area contributed by atoms with E-state index < -0.39 is 11.5 Å². The van der Waals surface area contributed by atoms with E-state index in [1.165, 1.54) is 11.0 Å². The number of rotatable bonds is 2. The Balaban J connectivity index is 1.85. The second kappa shape index (κ2) is 6.04. The first-order valence-corrected chi connectivity index (χ1v) is 7.23. The number of likely N-dealkylation sites (N-methyl/N-ethyl adjacent to an activating group) is 1. The third kappa shape index (κ3) is 2.98. The number of nitrogens with zero attached hydrogens (tertiary/aromatic N) is 3. The van der Waals surface area contributed by atoms with Crippen LogP contribution < -0.4 is 5.56 Å². The quantitative estimate of drug-likeness (QED) is 0.867. The topological polar surface area (TPSA) is 86.4 Å². The van der Waals surface area contributed by atoms with Gasteiger partial charge in [0.25, 0.3) is 11.5 Å². The molecule has 3 heterocycles. The van der Waals surface area contributed by atoms with Crippen LogP contribution in [0.5, 0.6) is 0 Å². The number of carbonyl (C=O) groups is 2.